The zero-order valence-electron chi connectivity index (χ0n) is 17.2. The van der Waals surface area contributed by atoms with Gasteiger partial charge < -0.3 is 10.6 Å². The van der Waals surface area contributed by atoms with Crippen molar-refractivity contribution in [1.82, 2.24) is 15.1 Å². The van der Waals surface area contributed by atoms with Crippen molar-refractivity contribution in [2.24, 2.45) is 11.8 Å². The third-order valence-corrected chi connectivity index (χ3v) is 5.43. The molecule has 1 aromatic rings. The summed E-state index contributed by atoms with van der Waals surface area (Å²) < 4.78 is 0. The minimum absolute atomic E-state index is 0.0326. The lowest BCUT2D eigenvalue weighted by molar-refractivity contribution is -0.124. The van der Waals surface area contributed by atoms with E-state index in [0.717, 1.165) is 30.8 Å². The molecule has 2 heterocycles. The number of imide groups is 1. The predicted octanol–water partition coefficient (Wildman–Crippen LogP) is 1.34. The van der Waals surface area contributed by atoms with Crippen molar-refractivity contribution >= 4 is 29.3 Å². The molecule has 0 aromatic heterocycles. The molecule has 4 amide bonds. The van der Waals surface area contributed by atoms with Gasteiger partial charge in [-0.3, -0.25) is 29.0 Å². The molecular formula is C21H28N4O4. The zero-order valence-corrected chi connectivity index (χ0v) is 17.2. The van der Waals surface area contributed by atoms with E-state index >= 15 is 0 Å². The number of fused-ring (bicyclic) bond motifs is 1. The summed E-state index contributed by atoms with van der Waals surface area (Å²) in [4.78, 5) is 51.4. The highest BCUT2D eigenvalue weighted by Crippen LogP contribution is 2.25. The third kappa shape index (κ3) is 4.82. The van der Waals surface area contributed by atoms with Crippen molar-refractivity contribution in [2.45, 2.75) is 26.7 Å². The predicted molar refractivity (Wildman–Crippen MR) is 109 cm³/mol. The highest BCUT2D eigenvalue weighted by molar-refractivity contribution is 6.21. The summed E-state index contributed by atoms with van der Waals surface area (Å²) in [6, 6.07) is 4.77. The van der Waals surface area contributed by atoms with Gasteiger partial charge >= 0.3 is 0 Å². The molecule has 0 radical (unpaired) electrons. The van der Waals surface area contributed by atoms with Crippen LogP contribution in [0.25, 0.3) is 0 Å². The van der Waals surface area contributed by atoms with E-state index in [9.17, 15) is 19.2 Å². The number of hydrogen-bond acceptors (Lipinski definition) is 5. The number of piperidine rings is 1. The van der Waals surface area contributed by atoms with Crippen LogP contribution in [0.5, 0.6) is 0 Å². The Bertz CT molecular complexity index is 836. The van der Waals surface area contributed by atoms with Gasteiger partial charge in [-0.1, -0.05) is 13.8 Å². The fourth-order valence-corrected chi connectivity index (χ4v) is 3.75. The van der Waals surface area contributed by atoms with Crippen molar-refractivity contribution in [1.29, 1.82) is 0 Å². The van der Waals surface area contributed by atoms with Gasteiger partial charge in [0, 0.05) is 31.7 Å². The molecule has 2 N–H and O–H groups in total. The Morgan fingerprint density at radius 1 is 1.17 bits per heavy atom. The van der Waals surface area contributed by atoms with Crippen LogP contribution in [0.2, 0.25) is 0 Å². The van der Waals surface area contributed by atoms with Crippen LogP contribution in [0.15, 0.2) is 18.2 Å². The second kappa shape index (κ2) is 8.73. The Morgan fingerprint density at radius 2 is 1.90 bits per heavy atom. The first-order valence-electron chi connectivity index (χ1n) is 10.0. The SMILES string of the molecule is CC(C)C(=O)NCC1CCCN(CC(=O)Nc2ccc3c(c2)C(=O)N(C)C3=O)C1. The van der Waals surface area contributed by atoms with E-state index in [4.69, 9.17) is 0 Å². The molecule has 8 heteroatoms. The standard InChI is InChI=1S/C21H28N4O4/c1-13(2)19(27)22-10-14-5-4-8-25(11-14)12-18(26)23-15-6-7-16-17(9-15)21(29)24(3)20(16)28/h6-7,9,13-14H,4-5,8,10-12H2,1-3H3,(H,22,27)(H,23,26). The number of rotatable bonds is 6. The minimum Gasteiger partial charge on any atom is -0.356 e. The Kier molecular flexibility index (Phi) is 6.32. The van der Waals surface area contributed by atoms with Crippen LogP contribution in [0, 0.1) is 11.8 Å². The van der Waals surface area contributed by atoms with E-state index in [-0.39, 0.29) is 36.1 Å². The van der Waals surface area contributed by atoms with Crippen LogP contribution in [0.1, 0.15) is 47.4 Å². The van der Waals surface area contributed by atoms with Crippen LogP contribution in [-0.4, -0.2) is 66.7 Å². The first-order valence-corrected chi connectivity index (χ1v) is 10.0. The van der Waals surface area contributed by atoms with Crippen molar-refractivity contribution in [3.05, 3.63) is 29.3 Å². The van der Waals surface area contributed by atoms with E-state index in [2.05, 4.69) is 15.5 Å². The van der Waals surface area contributed by atoms with Crippen LogP contribution in [0.4, 0.5) is 5.69 Å². The monoisotopic (exact) mass is 400 g/mol. The molecule has 1 saturated heterocycles. The summed E-state index contributed by atoms with van der Waals surface area (Å²) >= 11 is 0. The summed E-state index contributed by atoms with van der Waals surface area (Å²) in [5.41, 5.74) is 1.18. The van der Waals surface area contributed by atoms with Crippen LogP contribution >= 0.6 is 0 Å². The number of amides is 4. The summed E-state index contributed by atoms with van der Waals surface area (Å²) in [5, 5.41) is 5.79. The molecule has 1 fully saturated rings. The number of likely N-dealkylation sites (tertiary alicyclic amines) is 1. The number of nitrogens with one attached hydrogen (secondary N) is 2. The molecule has 1 unspecified atom stereocenters. The van der Waals surface area contributed by atoms with Crippen LogP contribution < -0.4 is 10.6 Å². The average molecular weight is 400 g/mol. The lowest BCUT2D eigenvalue weighted by atomic mass is 9.97. The number of anilines is 1. The fraction of sp³-hybridized carbons (Fsp3) is 0.524. The van der Waals surface area contributed by atoms with Gasteiger partial charge in [0.1, 0.15) is 0 Å². The normalized spacial score (nSPS) is 19.4. The Morgan fingerprint density at radius 3 is 2.62 bits per heavy atom. The van der Waals surface area contributed by atoms with Gasteiger partial charge in [-0.05, 0) is 43.5 Å². The topological polar surface area (TPSA) is 98.8 Å². The van der Waals surface area contributed by atoms with Gasteiger partial charge in [0.2, 0.25) is 11.8 Å². The summed E-state index contributed by atoms with van der Waals surface area (Å²) in [6.45, 7) is 6.21. The van der Waals surface area contributed by atoms with Gasteiger partial charge in [-0.25, -0.2) is 0 Å². The van der Waals surface area contributed by atoms with Crippen LogP contribution in [-0.2, 0) is 9.59 Å². The minimum atomic E-state index is -0.358. The van der Waals surface area contributed by atoms with E-state index in [0.29, 0.717) is 29.3 Å². The summed E-state index contributed by atoms with van der Waals surface area (Å²) in [7, 11) is 1.44. The molecule has 2 aliphatic rings. The summed E-state index contributed by atoms with van der Waals surface area (Å²) in [5.74, 6) is -0.500. The molecule has 29 heavy (non-hydrogen) atoms. The van der Waals surface area contributed by atoms with Gasteiger partial charge in [0.25, 0.3) is 11.8 Å². The molecule has 3 rings (SSSR count). The van der Waals surface area contributed by atoms with Crippen LogP contribution in [0.3, 0.4) is 0 Å². The number of hydrogen-bond donors (Lipinski definition) is 2. The first kappa shape index (κ1) is 21.0. The Hall–Kier alpha value is -2.74. The maximum Gasteiger partial charge on any atom is 0.261 e. The molecule has 0 saturated carbocycles. The van der Waals surface area contributed by atoms with Crippen molar-refractivity contribution < 1.29 is 19.2 Å². The molecule has 8 nitrogen and oxygen atoms in total. The number of nitrogens with zero attached hydrogens (tertiary/aromatic N) is 2. The lowest BCUT2D eigenvalue weighted by Gasteiger charge is -2.32. The molecule has 2 aliphatic heterocycles. The molecular weight excluding hydrogens is 372 g/mol. The Balaban J connectivity index is 1.53. The molecule has 1 atom stereocenters. The van der Waals surface area contributed by atoms with Gasteiger partial charge in [-0.2, -0.15) is 0 Å². The zero-order chi connectivity index (χ0) is 21.1. The van der Waals surface area contributed by atoms with E-state index in [1.807, 2.05) is 13.8 Å². The van der Waals surface area contributed by atoms with E-state index in [1.165, 1.54) is 7.05 Å². The highest BCUT2D eigenvalue weighted by Gasteiger charge is 2.32. The maximum absolute atomic E-state index is 12.5. The number of carbonyl (C=O) groups excluding carboxylic acids is 4. The largest absolute Gasteiger partial charge is 0.356 e. The molecule has 156 valence electrons. The summed E-state index contributed by atoms with van der Waals surface area (Å²) in [6.07, 6.45) is 2.02. The van der Waals surface area contributed by atoms with Crippen molar-refractivity contribution in [3.8, 4) is 0 Å². The van der Waals surface area contributed by atoms with E-state index in [1.54, 1.807) is 18.2 Å². The highest BCUT2D eigenvalue weighted by atomic mass is 16.2. The second-order valence-electron chi connectivity index (χ2n) is 8.12. The third-order valence-electron chi connectivity index (χ3n) is 5.43. The number of benzene rings is 1. The van der Waals surface area contributed by atoms with Crippen molar-refractivity contribution in [2.75, 3.05) is 38.5 Å². The number of carbonyl (C=O) groups is 4. The molecule has 0 spiro atoms. The van der Waals surface area contributed by atoms with Gasteiger partial charge in [0.15, 0.2) is 0 Å². The van der Waals surface area contributed by atoms with Crippen molar-refractivity contribution in [3.63, 3.8) is 0 Å². The van der Waals surface area contributed by atoms with Gasteiger partial charge in [0.05, 0.1) is 17.7 Å². The molecule has 1 aromatic carbocycles. The first-order chi connectivity index (χ1) is 13.8. The average Bonchev–Trinajstić information content (AvgIpc) is 2.90. The maximum atomic E-state index is 12.5. The quantitative estimate of drug-likeness (QED) is 0.702. The molecule has 0 bridgehead atoms. The molecule has 0 aliphatic carbocycles. The smallest absolute Gasteiger partial charge is 0.261 e. The van der Waals surface area contributed by atoms with Gasteiger partial charge in [-0.15, -0.1) is 0 Å². The lowest BCUT2D eigenvalue weighted by Crippen LogP contribution is -2.44. The Labute approximate surface area is 170 Å². The second-order valence-corrected chi connectivity index (χ2v) is 8.12. The fourth-order valence-electron chi connectivity index (χ4n) is 3.75. The van der Waals surface area contributed by atoms with E-state index < -0.39 is 0 Å².